The van der Waals surface area contributed by atoms with E-state index in [1.807, 2.05) is 24.3 Å². The molecule has 0 heterocycles. The molecule has 2 aromatic carbocycles. The van der Waals surface area contributed by atoms with Crippen molar-refractivity contribution in [2.24, 2.45) is 11.7 Å². The average molecular weight is 330 g/mol. The molecule has 1 aliphatic carbocycles. The van der Waals surface area contributed by atoms with E-state index in [1.165, 1.54) is 0 Å². The molecule has 6 heteroatoms. The first-order chi connectivity index (χ1) is 11.0. The lowest BCUT2D eigenvalue weighted by molar-refractivity contribution is -0.117. The Kier molecular flexibility index (Phi) is 4.21. The molecule has 1 aliphatic rings. The number of carbonyl (C=O) groups is 2. The minimum Gasteiger partial charge on any atom is -0.351 e. The van der Waals surface area contributed by atoms with Gasteiger partial charge in [-0.05, 0) is 54.3 Å². The van der Waals surface area contributed by atoms with Crippen molar-refractivity contribution in [1.82, 2.24) is 0 Å². The molecule has 2 aromatic rings. The Morgan fingerprint density at radius 1 is 1.04 bits per heavy atom. The van der Waals surface area contributed by atoms with Gasteiger partial charge in [0.25, 0.3) is 0 Å². The minimum absolute atomic E-state index is 0.00872. The normalized spacial score (nSPS) is 19.0. The quantitative estimate of drug-likeness (QED) is 0.801. The summed E-state index contributed by atoms with van der Waals surface area (Å²) in [5.41, 5.74) is 7.40. The number of nitrogens with two attached hydrogens (primary N) is 1. The Hall–Kier alpha value is -2.53. The van der Waals surface area contributed by atoms with E-state index in [4.69, 9.17) is 17.3 Å². The molecule has 1 saturated carbocycles. The van der Waals surface area contributed by atoms with Crippen LogP contribution in [0.5, 0.6) is 0 Å². The SMILES string of the molecule is NC(=O)Nc1ccc(NC(=O)[C@@H]2C[C@H]2c2cccc(Cl)c2)cc1. The predicted octanol–water partition coefficient (Wildman–Crippen LogP) is 3.57. The molecule has 23 heavy (non-hydrogen) atoms. The number of urea groups is 1. The first kappa shape index (κ1) is 15.4. The van der Waals surface area contributed by atoms with Crippen molar-refractivity contribution in [2.75, 3.05) is 10.6 Å². The molecule has 0 bridgehead atoms. The third-order valence-corrected chi connectivity index (χ3v) is 4.06. The van der Waals surface area contributed by atoms with Crippen LogP contribution in [0.1, 0.15) is 17.9 Å². The highest BCUT2D eigenvalue weighted by molar-refractivity contribution is 6.30. The number of benzene rings is 2. The Bertz CT molecular complexity index is 746. The van der Waals surface area contributed by atoms with E-state index < -0.39 is 6.03 Å². The second-order valence-electron chi connectivity index (χ2n) is 5.56. The van der Waals surface area contributed by atoms with Crippen molar-refractivity contribution in [2.45, 2.75) is 12.3 Å². The first-order valence-corrected chi connectivity index (χ1v) is 7.63. The van der Waals surface area contributed by atoms with Crippen LogP contribution in [0.4, 0.5) is 16.2 Å². The zero-order valence-corrected chi connectivity index (χ0v) is 13.0. The minimum atomic E-state index is -0.621. The third-order valence-electron chi connectivity index (χ3n) is 3.82. The first-order valence-electron chi connectivity index (χ1n) is 7.26. The van der Waals surface area contributed by atoms with Crippen LogP contribution in [0.3, 0.4) is 0 Å². The van der Waals surface area contributed by atoms with Crippen molar-refractivity contribution in [3.8, 4) is 0 Å². The van der Waals surface area contributed by atoms with E-state index in [-0.39, 0.29) is 17.7 Å². The number of carbonyl (C=O) groups excluding carboxylic acids is 2. The number of halogens is 1. The summed E-state index contributed by atoms with van der Waals surface area (Å²) in [5, 5.41) is 6.04. The Balaban J connectivity index is 1.59. The third kappa shape index (κ3) is 3.81. The molecule has 118 valence electrons. The summed E-state index contributed by atoms with van der Waals surface area (Å²) in [6.07, 6.45) is 0.827. The molecular formula is C17H16ClN3O2. The van der Waals surface area contributed by atoms with Gasteiger partial charge in [-0.15, -0.1) is 0 Å². The van der Waals surface area contributed by atoms with Crippen LogP contribution in [0.25, 0.3) is 0 Å². The van der Waals surface area contributed by atoms with E-state index in [0.717, 1.165) is 12.0 Å². The second-order valence-corrected chi connectivity index (χ2v) is 6.00. The van der Waals surface area contributed by atoms with Gasteiger partial charge >= 0.3 is 6.03 Å². The van der Waals surface area contributed by atoms with Gasteiger partial charge in [0.2, 0.25) is 5.91 Å². The monoisotopic (exact) mass is 329 g/mol. The molecule has 1 fully saturated rings. The number of primary amides is 1. The van der Waals surface area contributed by atoms with Crippen molar-refractivity contribution in [3.05, 3.63) is 59.1 Å². The van der Waals surface area contributed by atoms with E-state index >= 15 is 0 Å². The van der Waals surface area contributed by atoms with Gasteiger partial charge in [0.15, 0.2) is 0 Å². The summed E-state index contributed by atoms with van der Waals surface area (Å²) in [7, 11) is 0. The Labute approximate surface area is 138 Å². The predicted molar refractivity (Wildman–Crippen MR) is 90.6 cm³/mol. The highest BCUT2D eigenvalue weighted by Crippen LogP contribution is 2.48. The summed E-state index contributed by atoms with van der Waals surface area (Å²) in [4.78, 5) is 23.0. The van der Waals surface area contributed by atoms with Crippen molar-refractivity contribution in [1.29, 1.82) is 0 Å². The molecule has 0 aliphatic heterocycles. The number of nitrogens with one attached hydrogen (secondary N) is 2. The van der Waals surface area contributed by atoms with E-state index in [0.29, 0.717) is 16.4 Å². The summed E-state index contributed by atoms with van der Waals surface area (Å²) in [5.74, 6) is 0.187. The van der Waals surface area contributed by atoms with Gasteiger partial charge in [-0.2, -0.15) is 0 Å². The van der Waals surface area contributed by atoms with Crippen molar-refractivity contribution >= 4 is 34.9 Å². The molecule has 3 rings (SSSR count). The maximum Gasteiger partial charge on any atom is 0.316 e. The van der Waals surface area contributed by atoms with Gasteiger partial charge in [-0.3, -0.25) is 4.79 Å². The summed E-state index contributed by atoms with van der Waals surface area (Å²) in [6, 6.07) is 13.8. The maximum absolute atomic E-state index is 12.3. The highest BCUT2D eigenvalue weighted by atomic mass is 35.5. The summed E-state index contributed by atoms with van der Waals surface area (Å²) >= 11 is 5.99. The number of amides is 3. The fourth-order valence-electron chi connectivity index (χ4n) is 2.60. The molecule has 2 atom stereocenters. The fraction of sp³-hybridized carbons (Fsp3) is 0.176. The molecule has 0 aromatic heterocycles. The zero-order valence-electron chi connectivity index (χ0n) is 12.3. The second kappa shape index (κ2) is 6.30. The summed E-state index contributed by atoms with van der Waals surface area (Å²) in [6.45, 7) is 0. The fourth-order valence-corrected chi connectivity index (χ4v) is 2.80. The van der Waals surface area contributed by atoms with Gasteiger partial charge < -0.3 is 16.4 Å². The van der Waals surface area contributed by atoms with Crippen LogP contribution >= 0.6 is 11.6 Å². The van der Waals surface area contributed by atoms with Crippen LogP contribution in [0, 0.1) is 5.92 Å². The number of anilines is 2. The lowest BCUT2D eigenvalue weighted by atomic mass is 10.1. The molecule has 0 saturated heterocycles. The van der Waals surface area contributed by atoms with Gasteiger partial charge in [0, 0.05) is 22.3 Å². The summed E-state index contributed by atoms with van der Waals surface area (Å²) < 4.78 is 0. The molecule has 4 N–H and O–H groups in total. The lowest BCUT2D eigenvalue weighted by Gasteiger charge is -2.07. The van der Waals surface area contributed by atoms with Crippen molar-refractivity contribution < 1.29 is 9.59 Å². The number of rotatable bonds is 4. The Morgan fingerprint density at radius 2 is 1.70 bits per heavy atom. The van der Waals surface area contributed by atoms with Crippen molar-refractivity contribution in [3.63, 3.8) is 0 Å². The van der Waals surface area contributed by atoms with E-state index in [9.17, 15) is 9.59 Å². The topological polar surface area (TPSA) is 84.2 Å². The van der Waals surface area contributed by atoms with Crippen LogP contribution in [0.15, 0.2) is 48.5 Å². The standard InChI is InChI=1S/C17H16ClN3O2/c18-11-3-1-2-10(8-11)14-9-15(14)16(22)20-12-4-6-13(7-5-12)21-17(19)23/h1-8,14-15H,9H2,(H,20,22)(H3,19,21,23)/t14-,15+/m0/s1. The largest absolute Gasteiger partial charge is 0.351 e. The smallest absolute Gasteiger partial charge is 0.316 e. The van der Waals surface area contributed by atoms with Gasteiger partial charge in [0.1, 0.15) is 0 Å². The van der Waals surface area contributed by atoms with Crippen LogP contribution < -0.4 is 16.4 Å². The van der Waals surface area contributed by atoms with Gasteiger partial charge in [0.05, 0.1) is 0 Å². The van der Waals surface area contributed by atoms with Gasteiger partial charge in [-0.1, -0.05) is 23.7 Å². The number of hydrogen-bond acceptors (Lipinski definition) is 2. The van der Waals surface area contributed by atoms with Crippen LogP contribution in [-0.2, 0) is 4.79 Å². The highest BCUT2D eigenvalue weighted by Gasteiger charge is 2.43. The van der Waals surface area contributed by atoms with Crippen LogP contribution in [-0.4, -0.2) is 11.9 Å². The zero-order chi connectivity index (χ0) is 16.4. The molecule has 0 radical (unpaired) electrons. The molecule has 3 amide bonds. The van der Waals surface area contributed by atoms with Gasteiger partial charge in [-0.25, -0.2) is 4.79 Å². The number of hydrogen-bond donors (Lipinski definition) is 3. The van der Waals surface area contributed by atoms with Crippen LogP contribution in [0.2, 0.25) is 5.02 Å². The lowest BCUT2D eigenvalue weighted by Crippen LogP contribution is -2.19. The molecule has 5 nitrogen and oxygen atoms in total. The molecular weight excluding hydrogens is 314 g/mol. The maximum atomic E-state index is 12.3. The van der Waals surface area contributed by atoms with E-state index in [2.05, 4.69) is 10.6 Å². The molecule has 0 unspecified atom stereocenters. The average Bonchev–Trinajstić information content (AvgIpc) is 3.29. The molecule has 0 spiro atoms. The van der Waals surface area contributed by atoms with E-state index in [1.54, 1.807) is 24.3 Å². The Morgan fingerprint density at radius 3 is 2.30 bits per heavy atom.